The minimum absolute atomic E-state index is 0.0682. The number of hydrogen-bond donors (Lipinski definition) is 0. The first-order valence-electron chi connectivity index (χ1n) is 5.52. The average Bonchev–Trinajstić information content (AvgIpc) is 2.37. The molecule has 0 nitrogen and oxygen atoms in total. The summed E-state index contributed by atoms with van der Waals surface area (Å²) in [4.78, 5) is 0. The molecule has 0 fully saturated rings. The van der Waals surface area contributed by atoms with E-state index in [9.17, 15) is 26.3 Å². The first-order chi connectivity index (χ1) is 8.90. The van der Waals surface area contributed by atoms with Gasteiger partial charge in [0.05, 0.1) is 10.8 Å². The van der Waals surface area contributed by atoms with Crippen LogP contribution in [0.5, 0.6) is 0 Å². The van der Waals surface area contributed by atoms with Gasteiger partial charge in [-0.15, -0.1) is 0 Å². The first-order valence-corrected chi connectivity index (χ1v) is 5.52. The Labute approximate surface area is 104 Å². The Balaban J connectivity index is 2.99. The van der Waals surface area contributed by atoms with Crippen molar-refractivity contribution in [1.82, 2.24) is 0 Å². The summed E-state index contributed by atoms with van der Waals surface area (Å²) in [6, 6.07) is 0.668. The highest BCUT2D eigenvalue weighted by Gasteiger charge is 2.26. The minimum Gasteiger partial charge on any atom is -0.206 e. The van der Waals surface area contributed by atoms with Gasteiger partial charge in [-0.25, -0.2) is 26.3 Å². The lowest BCUT2D eigenvalue weighted by atomic mass is 10.0. The Morgan fingerprint density at radius 2 is 1.26 bits per heavy atom. The summed E-state index contributed by atoms with van der Waals surface area (Å²) < 4.78 is 80.6. The van der Waals surface area contributed by atoms with E-state index in [-0.39, 0.29) is 12.0 Å². The normalized spacial score (nSPS) is 11.3. The van der Waals surface area contributed by atoms with Crippen molar-refractivity contribution in [3.63, 3.8) is 0 Å². The van der Waals surface area contributed by atoms with E-state index in [1.807, 2.05) is 0 Å². The van der Waals surface area contributed by atoms with Crippen LogP contribution in [0.1, 0.15) is 18.9 Å². The second-order valence-corrected chi connectivity index (χ2v) is 4.09. The van der Waals surface area contributed by atoms with Crippen molar-refractivity contribution >= 4 is 10.8 Å². The number of aryl methyl sites for hydroxylation is 1. The summed E-state index contributed by atoms with van der Waals surface area (Å²) in [6.07, 6.45) is 0.494. The van der Waals surface area contributed by atoms with Gasteiger partial charge in [0.25, 0.3) is 0 Å². The Hall–Kier alpha value is -1.72. The molecule has 0 aliphatic rings. The SMILES string of the molecule is CCCc1cc(F)c2c(F)c(F)c(F)c(F)c2c1F. The lowest BCUT2D eigenvalue weighted by Crippen LogP contribution is -2.04. The number of benzene rings is 2. The molecule has 102 valence electrons. The molecule has 0 spiro atoms. The fourth-order valence-corrected chi connectivity index (χ4v) is 1.96. The van der Waals surface area contributed by atoms with Crippen LogP contribution in [0.2, 0.25) is 0 Å². The second kappa shape index (κ2) is 4.75. The van der Waals surface area contributed by atoms with Crippen molar-refractivity contribution in [2.45, 2.75) is 19.8 Å². The molecule has 0 aliphatic carbocycles. The van der Waals surface area contributed by atoms with Crippen LogP contribution in [0.15, 0.2) is 6.07 Å². The van der Waals surface area contributed by atoms with Crippen LogP contribution in [-0.2, 0) is 6.42 Å². The van der Waals surface area contributed by atoms with Crippen LogP contribution in [0.3, 0.4) is 0 Å². The molecule has 0 aliphatic heterocycles. The summed E-state index contributed by atoms with van der Waals surface area (Å²) >= 11 is 0. The third-order valence-electron chi connectivity index (χ3n) is 2.83. The van der Waals surface area contributed by atoms with Crippen LogP contribution >= 0.6 is 0 Å². The third-order valence-corrected chi connectivity index (χ3v) is 2.83. The largest absolute Gasteiger partial charge is 0.206 e. The summed E-state index contributed by atoms with van der Waals surface area (Å²) in [5, 5.41) is -2.41. The van der Waals surface area contributed by atoms with Crippen LogP contribution in [-0.4, -0.2) is 0 Å². The number of rotatable bonds is 2. The van der Waals surface area contributed by atoms with E-state index in [0.717, 1.165) is 0 Å². The molecular weight excluding hydrogens is 270 g/mol. The van der Waals surface area contributed by atoms with Crippen molar-refractivity contribution in [1.29, 1.82) is 0 Å². The Kier molecular flexibility index (Phi) is 3.43. The van der Waals surface area contributed by atoms with E-state index in [1.165, 1.54) is 0 Å². The Bertz CT molecular complexity index is 662. The highest BCUT2D eigenvalue weighted by atomic mass is 19.2. The standard InChI is InChI=1S/C13H8F6/c1-2-3-5-4-6(14)7-8(9(5)15)11(17)13(19)12(18)10(7)16/h4H,2-3H2,1H3. The van der Waals surface area contributed by atoms with Gasteiger partial charge in [0.15, 0.2) is 23.3 Å². The third kappa shape index (κ3) is 1.95. The average molecular weight is 278 g/mol. The molecule has 2 aromatic rings. The van der Waals surface area contributed by atoms with E-state index in [4.69, 9.17) is 0 Å². The van der Waals surface area contributed by atoms with E-state index < -0.39 is 45.7 Å². The predicted molar refractivity (Wildman–Crippen MR) is 57.7 cm³/mol. The van der Waals surface area contributed by atoms with Gasteiger partial charge in [-0.1, -0.05) is 13.3 Å². The Morgan fingerprint density at radius 3 is 1.79 bits per heavy atom. The summed E-state index contributed by atoms with van der Waals surface area (Å²) in [5.41, 5.74) is -0.211. The fraction of sp³-hybridized carbons (Fsp3) is 0.231. The molecule has 0 heterocycles. The second-order valence-electron chi connectivity index (χ2n) is 4.09. The monoisotopic (exact) mass is 278 g/mol. The molecule has 0 N–H and O–H groups in total. The lowest BCUT2D eigenvalue weighted by Gasteiger charge is -2.10. The highest BCUT2D eigenvalue weighted by molar-refractivity contribution is 5.86. The maximum Gasteiger partial charge on any atom is 0.198 e. The molecule has 19 heavy (non-hydrogen) atoms. The molecule has 0 unspecified atom stereocenters. The molecule has 0 saturated carbocycles. The number of fused-ring (bicyclic) bond motifs is 1. The number of halogens is 6. The molecule has 0 aromatic heterocycles. The Morgan fingerprint density at radius 1 is 0.737 bits per heavy atom. The topological polar surface area (TPSA) is 0 Å². The van der Waals surface area contributed by atoms with Crippen molar-refractivity contribution in [3.8, 4) is 0 Å². The van der Waals surface area contributed by atoms with Gasteiger partial charge in [0, 0.05) is 0 Å². The molecule has 0 bridgehead atoms. The maximum absolute atomic E-state index is 13.9. The van der Waals surface area contributed by atoms with Crippen LogP contribution in [0.25, 0.3) is 10.8 Å². The van der Waals surface area contributed by atoms with Gasteiger partial charge in [-0.05, 0) is 18.1 Å². The van der Waals surface area contributed by atoms with E-state index in [2.05, 4.69) is 0 Å². The first kappa shape index (κ1) is 13.7. The van der Waals surface area contributed by atoms with Crippen LogP contribution in [0, 0.1) is 34.9 Å². The quantitative estimate of drug-likeness (QED) is 0.427. The molecule has 2 rings (SSSR count). The van der Waals surface area contributed by atoms with E-state index in [0.29, 0.717) is 12.5 Å². The summed E-state index contributed by atoms with van der Waals surface area (Å²) in [5.74, 6) is -10.8. The van der Waals surface area contributed by atoms with Crippen molar-refractivity contribution in [3.05, 3.63) is 46.5 Å². The van der Waals surface area contributed by atoms with E-state index >= 15 is 0 Å². The summed E-state index contributed by atoms with van der Waals surface area (Å²) in [7, 11) is 0. The smallest absolute Gasteiger partial charge is 0.198 e. The van der Waals surface area contributed by atoms with Gasteiger partial charge in [0.1, 0.15) is 11.6 Å². The number of hydrogen-bond acceptors (Lipinski definition) is 0. The van der Waals surface area contributed by atoms with Crippen molar-refractivity contribution < 1.29 is 26.3 Å². The summed E-state index contributed by atoms with van der Waals surface area (Å²) in [6.45, 7) is 1.67. The molecule has 0 saturated heterocycles. The zero-order valence-corrected chi connectivity index (χ0v) is 9.76. The fourth-order valence-electron chi connectivity index (χ4n) is 1.96. The van der Waals surface area contributed by atoms with Gasteiger partial charge in [0.2, 0.25) is 0 Å². The molecular formula is C13H8F6. The van der Waals surface area contributed by atoms with Crippen LogP contribution < -0.4 is 0 Å². The molecule has 0 radical (unpaired) electrons. The molecule has 0 atom stereocenters. The predicted octanol–water partition coefficient (Wildman–Crippen LogP) is 4.63. The van der Waals surface area contributed by atoms with E-state index in [1.54, 1.807) is 6.92 Å². The highest BCUT2D eigenvalue weighted by Crippen LogP contribution is 2.32. The van der Waals surface area contributed by atoms with Crippen molar-refractivity contribution in [2.24, 2.45) is 0 Å². The van der Waals surface area contributed by atoms with Crippen molar-refractivity contribution in [2.75, 3.05) is 0 Å². The van der Waals surface area contributed by atoms with Gasteiger partial charge < -0.3 is 0 Å². The van der Waals surface area contributed by atoms with Gasteiger partial charge in [-0.2, -0.15) is 0 Å². The van der Waals surface area contributed by atoms with Gasteiger partial charge >= 0.3 is 0 Å². The van der Waals surface area contributed by atoms with Gasteiger partial charge in [-0.3, -0.25) is 0 Å². The molecule has 6 heteroatoms. The maximum atomic E-state index is 13.9. The minimum atomic E-state index is -2.16. The van der Waals surface area contributed by atoms with Crippen LogP contribution in [0.4, 0.5) is 26.3 Å². The zero-order chi connectivity index (χ0) is 14.3. The molecule has 0 amide bonds. The molecule has 2 aromatic carbocycles. The zero-order valence-electron chi connectivity index (χ0n) is 9.76. The lowest BCUT2D eigenvalue weighted by molar-refractivity contribution is 0.414.